The van der Waals surface area contributed by atoms with Gasteiger partial charge in [0.2, 0.25) is 0 Å². The monoisotopic (exact) mass is 403 g/mol. The maximum atomic E-state index is 12.9. The molecule has 1 fully saturated rings. The fourth-order valence-electron chi connectivity index (χ4n) is 4.11. The van der Waals surface area contributed by atoms with Gasteiger partial charge in [-0.3, -0.25) is 14.2 Å². The smallest absolute Gasteiger partial charge is 0.262 e. The Kier molecular flexibility index (Phi) is 5.80. The second-order valence-corrected chi connectivity index (χ2v) is 8.93. The van der Waals surface area contributed by atoms with Crippen molar-refractivity contribution in [2.24, 2.45) is 0 Å². The van der Waals surface area contributed by atoms with E-state index in [1.807, 2.05) is 6.92 Å². The topological polar surface area (TPSA) is 70.5 Å². The van der Waals surface area contributed by atoms with Crippen molar-refractivity contribution in [1.29, 1.82) is 0 Å². The third-order valence-electron chi connectivity index (χ3n) is 5.90. The number of thiophene rings is 1. The van der Waals surface area contributed by atoms with Crippen molar-refractivity contribution in [3.8, 4) is 0 Å². The first-order valence-electron chi connectivity index (χ1n) is 10.3. The van der Waals surface area contributed by atoms with Gasteiger partial charge in [-0.05, 0) is 45.3 Å². The average Bonchev–Trinajstić information content (AvgIpc) is 3.03. The number of carbonyl (C=O) groups excluding carboxylic acids is 1. The summed E-state index contributed by atoms with van der Waals surface area (Å²) in [6.07, 6.45) is 3.87. The second kappa shape index (κ2) is 8.31. The lowest BCUT2D eigenvalue weighted by Gasteiger charge is -2.32. The number of amides is 1. The minimum atomic E-state index is -0.0822. The SMILES string of the molecule is Cc1c(C(=O)NCCCN2CCN(C)CC2)sc2nc3n(c(=O)c12)CCCC3. The maximum absolute atomic E-state index is 12.9. The predicted molar refractivity (Wildman–Crippen MR) is 112 cm³/mol. The summed E-state index contributed by atoms with van der Waals surface area (Å²) in [5.74, 6) is 0.783. The van der Waals surface area contributed by atoms with Crippen LogP contribution in [0.3, 0.4) is 0 Å². The van der Waals surface area contributed by atoms with E-state index in [0.29, 0.717) is 21.6 Å². The summed E-state index contributed by atoms with van der Waals surface area (Å²) in [5.41, 5.74) is 0.789. The van der Waals surface area contributed by atoms with Gasteiger partial charge in [-0.25, -0.2) is 4.98 Å². The molecule has 4 rings (SSSR count). The highest BCUT2D eigenvalue weighted by Crippen LogP contribution is 2.28. The van der Waals surface area contributed by atoms with E-state index in [1.165, 1.54) is 11.3 Å². The molecule has 7 nitrogen and oxygen atoms in total. The summed E-state index contributed by atoms with van der Waals surface area (Å²) in [7, 11) is 2.15. The van der Waals surface area contributed by atoms with Crippen LogP contribution in [0.1, 0.15) is 40.3 Å². The van der Waals surface area contributed by atoms with E-state index in [0.717, 1.165) is 76.3 Å². The summed E-state index contributed by atoms with van der Waals surface area (Å²) >= 11 is 1.35. The molecule has 0 aromatic carbocycles. The zero-order valence-electron chi connectivity index (χ0n) is 16.8. The highest BCUT2D eigenvalue weighted by molar-refractivity contribution is 7.20. The van der Waals surface area contributed by atoms with Crippen LogP contribution in [0.4, 0.5) is 0 Å². The predicted octanol–water partition coefficient (Wildman–Crippen LogP) is 1.47. The molecular formula is C20H29N5O2S. The standard InChI is InChI=1S/C20H29N5O2S/c1-14-16-19(22-15-6-3-4-9-25(15)20(16)27)28-17(14)18(26)21-7-5-8-24-12-10-23(2)11-13-24/h3-13H2,1-2H3,(H,21,26). The molecule has 2 aromatic heterocycles. The quantitative estimate of drug-likeness (QED) is 0.766. The summed E-state index contributed by atoms with van der Waals surface area (Å²) < 4.78 is 1.79. The Morgan fingerprint density at radius 1 is 1.18 bits per heavy atom. The van der Waals surface area contributed by atoms with E-state index in [9.17, 15) is 9.59 Å². The lowest BCUT2D eigenvalue weighted by Crippen LogP contribution is -2.45. The molecular weight excluding hydrogens is 374 g/mol. The molecule has 0 spiro atoms. The number of aryl methyl sites for hydroxylation is 2. The molecule has 152 valence electrons. The first-order valence-corrected chi connectivity index (χ1v) is 11.1. The number of hydrogen-bond donors (Lipinski definition) is 1. The van der Waals surface area contributed by atoms with Gasteiger partial charge in [-0.2, -0.15) is 0 Å². The molecule has 28 heavy (non-hydrogen) atoms. The zero-order valence-corrected chi connectivity index (χ0v) is 17.6. The van der Waals surface area contributed by atoms with Crippen LogP contribution in [0.15, 0.2) is 4.79 Å². The van der Waals surface area contributed by atoms with Gasteiger partial charge in [0.25, 0.3) is 11.5 Å². The molecule has 2 aliphatic heterocycles. The van der Waals surface area contributed by atoms with Crippen LogP contribution in [0, 0.1) is 6.92 Å². The second-order valence-electron chi connectivity index (χ2n) is 7.93. The van der Waals surface area contributed by atoms with Crippen molar-refractivity contribution in [3.05, 3.63) is 26.6 Å². The van der Waals surface area contributed by atoms with Crippen LogP contribution in [0.25, 0.3) is 10.2 Å². The number of piperazine rings is 1. The van der Waals surface area contributed by atoms with Crippen LogP contribution in [-0.2, 0) is 13.0 Å². The summed E-state index contributed by atoms with van der Waals surface area (Å²) in [6.45, 7) is 8.69. The molecule has 0 bridgehead atoms. The van der Waals surface area contributed by atoms with Crippen molar-refractivity contribution in [2.75, 3.05) is 46.3 Å². The van der Waals surface area contributed by atoms with Gasteiger partial charge < -0.3 is 15.1 Å². The van der Waals surface area contributed by atoms with E-state index >= 15 is 0 Å². The Labute approximate surface area is 169 Å². The molecule has 0 aliphatic carbocycles. The number of aromatic nitrogens is 2. The Balaban J connectivity index is 1.41. The first-order chi connectivity index (χ1) is 13.5. The van der Waals surface area contributed by atoms with Crippen LogP contribution in [-0.4, -0.2) is 71.6 Å². The van der Waals surface area contributed by atoms with E-state index in [4.69, 9.17) is 4.98 Å². The highest BCUT2D eigenvalue weighted by Gasteiger charge is 2.22. The molecule has 2 aromatic rings. The maximum Gasteiger partial charge on any atom is 0.262 e. The van der Waals surface area contributed by atoms with Crippen LogP contribution in [0.5, 0.6) is 0 Å². The molecule has 4 heterocycles. The van der Waals surface area contributed by atoms with Crippen LogP contribution >= 0.6 is 11.3 Å². The molecule has 1 saturated heterocycles. The minimum Gasteiger partial charge on any atom is -0.351 e. The number of hydrogen-bond acceptors (Lipinski definition) is 6. The van der Waals surface area contributed by atoms with Crippen molar-refractivity contribution < 1.29 is 4.79 Å². The minimum absolute atomic E-state index is 0.0163. The fraction of sp³-hybridized carbons (Fsp3) is 0.650. The third-order valence-corrected chi connectivity index (χ3v) is 7.08. The van der Waals surface area contributed by atoms with Crippen LogP contribution < -0.4 is 10.9 Å². The first kappa shape index (κ1) is 19.5. The van der Waals surface area contributed by atoms with Gasteiger partial charge in [-0.15, -0.1) is 11.3 Å². The number of carbonyl (C=O) groups is 1. The van der Waals surface area contributed by atoms with Gasteiger partial charge in [0, 0.05) is 45.7 Å². The fourth-order valence-corrected chi connectivity index (χ4v) is 5.21. The molecule has 0 atom stereocenters. The average molecular weight is 404 g/mol. The van der Waals surface area contributed by atoms with Crippen molar-refractivity contribution in [1.82, 2.24) is 24.7 Å². The van der Waals surface area contributed by atoms with Crippen LogP contribution in [0.2, 0.25) is 0 Å². The number of rotatable bonds is 5. The van der Waals surface area contributed by atoms with E-state index in [1.54, 1.807) is 4.57 Å². The zero-order chi connectivity index (χ0) is 19.7. The Hall–Kier alpha value is -1.77. The molecule has 1 N–H and O–H groups in total. The summed E-state index contributed by atoms with van der Waals surface area (Å²) in [6, 6.07) is 0. The normalized spacial score (nSPS) is 18.4. The van der Waals surface area contributed by atoms with E-state index < -0.39 is 0 Å². The molecule has 0 unspecified atom stereocenters. The molecule has 2 aliphatic rings. The van der Waals surface area contributed by atoms with Gasteiger partial charge in [-0.1, -0.05) is 0 Å². The molecule has 0 radical (unpaired) electrons. The van der Waals surface area contributed by atoms with Gasteiger partial charge in [0.15, 0.2) is 0 Å². The van der Waals surface area contributed by atoms with E-state index in [-0.39, 0.29) is 11.5 Å². The Bertz CT molecular complexity index is 927. The van der Waals surface area contributed by atoms with Gasteiger partial charge in [0.1, 0.15) is 10.7 Å². The lowest BCUT2D eigenvalue weighted by molar-refractivity contribution is 0.0953. The van der Waals surface area contributed by atoms with Crippen molar-refractivity contribution in [3.63, 3.8) is 0 Å². The summed E-state index contributed by atoms with van der Waals surface area (Å²) in [5, 5.41) is 3.66. The molecule has 0 saturated carbocycles. The number of likely N-dealkylation sites (N-methyl/N-ethyl adjacent to an activating group) is 1. The highest BCUT2D eigenvalue weighted by atomic mass is 32.1. The molecule has 1 amide bonds. The van der Waals surface area contributed by atoms with Crippen molar-refractivity contribution in [2.45, 2.75) is 39.2 Å². The lowest BCUT2D eigenvalue weighted by atomic mass is 10.1. The van der Waals surface area contributed by atoms with Crippen molar-refractivity contribution >= 4 is 27.5 Å². The largest absolute Gasteiger partial charge is 0.351 e. The van der Waals surface area contributed by atoms with E-state index in [2.05, 4.69) is 22.2 Å². The Morgan fingerprint density at radius 3 is 2.75 bits per heavy atom. The molecule has 8 heteroatoms. The summed E-state index contributed by atoms with van der Waals surface area (Å²) in [4.78, 5) is 36.4. The van der Waals surface area contributed by atoms with Gasteiger partial charge in [0.05, 0.1) is 10.3 Å². The van der Waals surface area contributed by atoms with Gasteiger partial charge >= 0.3 is 0 Å². The Morgan fingerprint density at radius 2 is 1.96 bits per heavy atom. The third kappa shape index (κ3) is 3.86. The number of nitrogens with one attached hydrogen (secondary N) is 1. The number of fused-ring (bicyclic) bond motifs is 2. The number of nitrogens with zero attached hydrogens (tertiary/aromatic N) is 4.